The molecule has 0 aromatic carbocycles. The Balaban J connectivity index is 2.14. The second kappa shape index (κ2) is 5.00. The van der Waals surface area contributed by atoms with E-state index in [0.717, 1.165) is 5.92 Å². The standard InChI is InChI=1S/C17H31N/c1-16(2)15(17(16,3)4)14(18-5)13-11-9-7-6-8-10-12-13/h11,14-15,18H,6-10,12H2,1-5H3. The molecule has 1 atom stereocenters. The van der Waals surface area contributed by atoms with Crippen LogP contribution in [0.1, 0.15) is 66.2 Å². The van der Waals surface area contributed by atoms with Gasteiger partial charge in [-0.1, -0.05) is 52.2 Å². The van der Waals surface area contributed by atoms with Crippen molar-refractivity contribution in [2.24, 2.45) is 16.7 Å². The highest BCUT2D eigenvalue weighted by Gasteiger charge is 2.67. The second-order valence-electron chi connectivity index (χ2n) is 7.42. The van der Waals surface area contributed by atoms with Gasteiger partial charge < -0.3 is 5.32 Å². The van der Waals surface area contributed by atoms with Crippen LogP contribution in [0, 0.1) is 16.7 Å². The molecule has 0 bridgehead atoms. The van der Waals surface area contributed by atoms with Crippen LogP contribution in [0.15, 0.2) is 11.6 Å². The summed E-state index contributed by atoms with van der Waals surface area (Å²) in [5.74, 6) is 0.792. The van der Waals surface area contributed by atoms with Crippen LogP contribution in [0.4, 0.5) is 0 Å². The van der Waals surface area contributed by atoms with Crippen LogP contribution in [0.25, 0.3) is 0 Å². The van der Waals surface area contributed by atoms with E-state index in [1.165, 1.54) is 38.5 Å². The zero-order chi connectivity index (χ0) is 13.4. The normalized spacial score (nSPS) is 29.1. The molecule has 0 amide bonds. The second-order valence-corrected chi connectivity index (χ2v) is 7.42. The molecule has 1 N–H and O–H groups in total. The molecule has 0 aliphatic heterocycles. The number of hydrogen-bond acceptors (Lipinski definition) is 1. The van der Waals surface area contributed by atoms with Crippen LogP contribution in [-0.4, -0.2) is 13.1 Å². The molecule has 0 heterocycles. The van der Waals surface area contributed by atoms with Crippen molar-refractivity contribution in [3.63, 3.8) is 0 Å². The van der Waals surface area contributed by atoms with Crippen molar-refractivity contribution in [1.82, 2.24) is 5.32 Å². The fraction of sp³-hybridized carbons (Fsp3) is 0.882. The van der Waals surface area contributed by atoms with Gasteiger partial charge >= 0.3 is 0 Å². The largest absolute Gasteiger partial charge is 0.313 e. The number of allylic oxidation sites excluding steroid dienone is 1. The lowest BCUT2D eigenvalue weighted by Crippen LogP contribution is -2.32. The van der Waals surface area contributed by atoms with E-state index in [-0.39, 0.29) is 0 Å². The summed E-state index contributed by atoms with van der Waals surface area (Å²) in [7, 11) is 2.15. The Bertz CT molecular complexity index is 311. The summed E-state index contributed by atoms with van der Waals surface area (Å²) in [5, 5.41) is 3.62. The summed E-state index contributed by atoms with van der Waals surface area (Å²) in [6.07, 6.45) is 10.8. The molecule has 0 aromatic rings. The zero-order valence-electron chi connectivity index (χ0n) is 13.0. The van der Waals surface area contributed by atoms with Gasteiger partial charge in [-0.25, -0.2) is 0 Å². The van der Waals surface area contributed by atoms with E-state index in [4.69, 9.17) is 0 Å². The Morgan fingerprint density at radius 3 is 2.22 bits per heavy atom. The molecule has 2 aliphatic rings. The third kappa shape index (κ3) is 2.27. The lowest BCUT2D eigenvalue weighted by Gasteiger charge is -2.24. The average Bonchev–Trinajstić information content (AvgIpc) is 2.64. The van der Waals surface area contributed by atoms with Gasteiger partial charge in [0.05, 0.1) is 0 Å². The van der Waals surface area contributed by atoms with Crippen molar-refractivity contribution in [2.45, 2.75) is 72.3 Å². The maximum Gasteiger partial charge on any atom is 0.0315 e. The third-order valence-electron chi connectivity index (χ3n) is 6.00. The van der Waals surface area contributed by atoms with Crippen molar-refractivity contribution in [2.75, 3.05) is 7.05 Å². The Labute approximate surface area is 113 Å². The highest BCUT2D eigenvalue weighted by Crippen LogP contribution is 2.70. The van der Waals surface area contributed by atoms with Gasteiger partial charge in [0.1, 0.15) is 0 Å². The van der Waals surface area contributed by atoms with Gasteiger partial charge in [-0.3, -0.25) is 0 Å². The van der Waals surface area contributed by atoms with E-state index in [9.17, 15) is 0 Å². The van der Waals surface area contributed by atoms with Crippen LogP contribution in [0.3, 0.4) is 0 Å². The van der Waals surface area contributed by atoms with Gasteiger partial charge in [-0.15, -0.1) is 0 Å². The summed E-state index contributed by atoms with van der Waals surface area (Å²) < 4.78 is 0. The summed E-state index contributed by atoms with van der Waals surface area (Å²) in [6, 6.07) is 0.605. The van der Waals surface area contributed by atoms with Crippen molar-refractivity contribution in [3.05, 3.63) is 11.6 Å². The SMILES string of the molecule is CNC(C1=CCCCCCC1)C1C(C)(C)C1(C)C. The molecule has 2 aliphatic carbocycles. The molecule has 0 saturated heterocycles. The zero-order valence-corrected chi connectivity index (χ0v) is 13.0. The van der Waals surface area contributed by atoms with Gasteiger partial charge in [0.25, 0.3) is 0 Å². The number of hydrogen-bond donors (Lipinski definition) is 1. The monoisotopic (exact) mass is 249 g/mol. The van der Waals surface area contributed by atoms with Crippen molar-refractivity contribution in [3.8, 4) is 0 Å². The fourth-order valence-electron chi connectivity index (χ4n) is 4.15. The first-order valence-corrected chi connectivity index (χ1v) is 7.79. The first kappa shape index (κ1) is 14.1. The third-order valence-corrected chi connectivity index (χ3v) is 6.00. The number of rotatable bonds is 3. The topological polar surface area (TPSA) is 12.0 Å². The molecular weight excluding hydrogens is 218 g/mol. The van der Waals surface area contributed by atoms with Crippen LogP contribution in [0.2, 0.25) is 0 Å². The van der Waals surface area contributed by atoms with E-state index in [0.29, 0.717) is 16.9 Å². The first-order valence-electron chi connectivity index (χ1n) is 7.79. The van der Waals surface area contributed by atoms with Crippen molar-refractivity contribution in [1.29, 1.82) is 0 Å². The van der Waals surface area contributed by atoms with Gasteiger partial charge in [-0.05, 0) is 49.5 Å². The summed E-state index contributed by atoms with van der Waals surface area (Å²) in [4.78, 5) is 0. The highest BCUT2D eigenvalue weighted by atomic mass is 14.9. The van der Waals surface area contributed by atoms with Crippen molar-refractivity contribution >= 4 is 0 Å². The smallest absolute Gasteiger partial charge is 0.0315 e. The summed E-state index contributed by atoms with van der Waals surface area (Å²) in [5.41, 5.74) is 2.65. The lowest BCUT2D eigenvalue weighted by atomic mass is 9.89. The van der Waals surface area contributed by atoms with Gasteiger partial charge in [0, 0.05) is 6.04 Å². The Hall–Kier alpha value is -0.300. The van der Waals surface area contributed by atoms with Gasteiger partial charge in [-0.2, -0.15) is 0 Å². The van der Waals surface area contributed by atoms with E-state index in [1.54, 1.807) is 5.57 Å². The Morgan fingerprint density at radius 1 is 1.06 bits per heavy atom. The predicted octanol–water partition coefficient (Wildman–Crippen LogP) is 4.54. The van der Waals surface area contributed by atoms with E-state index >= 15 is 0 Å². The number of likely N-dealkylation sites (N-methyl/N-ethyl adjacent to an activating group) is 1. The molecule has 1 nitrogen and oxygen atoms in total. The maximum absolute atomic E-state index is 3.62. The van der Waals surface area contributed by atoms with Crippen LogP contribution in [0.5, 0.6) is 0 Å². The average molecular weight is 249 g/mol. The first-order chi connectivity index (χ1) is 8.43. The molecule has 0 aromatic heterocycles. The molecule has 0 radical (unpaired) electrons. The minimum absolute atomic E-state index is 0.476. The Morgan fingerprint density at radius 2 is 1.67 bits per heavy atom. The Kier molecular flexibility index (Phi) is 3.92. The molecule has 1 saturated carbocycles. The van der Waals surface area contributed by atoms with Crippen LogP contribution in [-0.2, 0) is 0 Å². The molecule has 18 heavy (non-hydrogen) atoms. The van der Waals surface area contributed by atoms with E-state index < -0.39 is 0 Å². The lowest BCUT2D eigenvalue weighted by molar-refractivity contribution is 0.450. The summed E-state index contributed by atoms with van der Waals surface area (Å²) in [6.45, 7) is 9.74. The number of nitrogens with one attached hydrogen (secondary N) is 1. The predicted molar refractivity (Wildman–Crippen MR) is 79.7 cm³/mol. The fourth-order valence-corrected chi connectivity index (χ4v) is 4.15. The van der Waals surface area contributed by atoms with E-state index in [1.807, 2.05) is 0 Å². The van der Waals surface area contributed by atoms with Crippen LogP contribution >= 0.6 is 0 Å². The van der Waals surface area contributed by atoms with Gasteiger partial charge in [0.15, 0.2) is 0 Å². The molecule has 2 rings (SSSR count). The molecule has 1 heteroatoms. The summed E-state index contributed by atoms with van der Waals surface area (Å²) >= 11 is 0. The quantitative estimate of drug-likeness (QED) is 0.724. The van der Waals surface area contributed by atoms with Crippen LogP contribution < -0.4 is 5.32 Å². The minimum atomic E-state index is 0.476. The van der Waals surface area contributed by atoms with Gasteiger partial charge in [0.2, 0.25) is 0 Å². The molecular formula is C17H31N. The van der Waals surface area contributed by atoms with E-state index in [2.05, 4.69) is 46.1 Å². The molecule has 1 unspecified atom stereocenters. The molecule has 104 valence electrons. The highest BCUT2D eigenvalue weighted by molar-refractivity contribution is 5.25. The molecule has 0 spiro atoms. The molecule has 1 fully saturated rings. The minimum Gasteiger partial charge on any atom is -0.313 e. The van der Waals surface area contributed by atoms with Crippen molar-refractivity contribution < 1.29 is 0 Å². The maximum atomic E-state index is 3.62.